The van der Waals surface area contributed by atoms with Crippen LogP contribution in [0.4, 0.5) is 0 Å². The fourth-order valence-electron chi connectivity index (χ4n) is 2.77. The number of benzene rings is 1. The van der Waals surface area contributed by atoms with Gasteiger partial charge in [0.05, 0.1) is 6.10 Å². The van der Waals surface area contributed by atoms with Crippen LogP contribution >= 0.6 is 0 Å². The van der Waals surface area contributed by atoms with E-state index in [1.54, 1.807) is 22.9 Å². The van der Waals surface area contributed by atoms with Crippen LogP contribution in [0.1, 0.15) is 37.0 Å². The lowest BCUT2D eigenvalue weighted by Crippen LogP contribution is -2.28. The van der Waals surface area contributed by atoms with Crippen molar-refractivity contribution in [3.63, 3.8) is 0 Å². The quantitative estimate of drug-likeness (QED) is 0.841. The maximum absolute atomic E-state index is 12.8. The topological polar surface area (TPSA) is 52.8 Å². The second-order valence-corrected chi connectivity index (χ2v) is 6.43. The maximum Gasteiger partial charge on any atom is 0.263 e. The number of pyridine rings is 1. The van der Waals surface area contributed by atoms with Gasteiger partial charge in [-0.25, -0.2) is 0 Å². The number of hydrogen-bond donors (Lipinski definition) is 0. The molecule has 1 aliphatic rings. The Labute approximate surface area is 147 Å². The summed E-state index contributed by atoms with van der Waals surface area (Å²) in [6.07, 6.45) is 4.07. The minimum atomic E-state index is -0.106. The van der Waals surface area contributed by atoms with Gasteiger partial charge in [-0.05, 0) is 63.1 Å². The molecule has 5 heteroatoms. The molecule has 0 bridgehead atoms. The van der Waals surface area contributed by atoms with Crippen molar-refractivity contribution < 1.29 is 14.3 Å². The maximum atomic E-state index is 12.8. The molecule has 3 rings (SSSR count). The van der Waals surface area contributed by atoms with Crippen molar-refractivity contribution in [1.29, 1.82) is 0 Å². The summed E-state index contributed by atoms with van der Waals surface area (Å²) < 4.78 is 12.9. The predicted octanol–water partition coefficient (Wildman–Crippen LogP) is 3.04. The molecule has 0 N–H and O–H groups in total. The zero-order chi connectivity index (χ0) is 17.6. The van der Waals surface area contributed by atoms with Crippen LogP contribution in [0.5, 0.6) is 5.75 Å². The van der Waals surface area contributed by atoms with Crippen LogP contribution in [-0.4, -0.2) is 35.8 Å². The van der Waals surface area contributed by atoms with E-state index in [2.05, 4.69) is 4.99 Å². The summed E-state index contributed by atoms with van der Waals surface area (Å²) in [5, 5.41) is 0. The van der Waals surface area contributed by atoms with E-state index in [1.807, 2.05) is 44.2 Å². The summed E-state index contributed by atoms with van der Waals surface area (Å²) in [6.45, 7) is 5.35. The van der Waals surface area contributed by atoms with E-state index in [0.717, 1.165) is 25.2 Å². The number of rotatable bonds is 5. The van der Waals surface area contributed by atoms with Crippen LogP contribution in [0, 0.1) is 0 Å². The summed E-state index contributed by atoms with van der Waals surface area (Å²) in [5.74, 6) is 0.642. The molecule has 0 aliphatic carbocycles. The Kier molecular flexibility index (Phi) is 5.66. The van der Waals surface area contributed by atoms with Crippen LogP contribution in [-0.2, 0) is 4.74 Å². The molecule has 1 aromatic carbocycles. The van der Waals surface area contributed by atoms with E-state index in [0.29, 0.717) is 17.7 Å². The van der Waals surface area contributed by atoms with Gasteiger partial charge in [-0.2, -0.15) is 0 Å². The van der Waals surface area contributed by atoms with E-state index in [4.69, 9.17) is 9.47 Å². The normalized spacial score (nSPS) is 17.9. The van der Waals surface area contributed by atoms with Gasteiger partial charge in [-0.3, -0.25) is 14.4 Å². The summed E-state index contributed by atoms with van der Waals surface area (Å²) in [5.41, 5.74) is 1.25. The fourth-order valence-corrected chi connectivity index (χ4v) is 2.77. The molecule has 1 saturated heterocycles. The fraction of sp³-hybridized carbons (Fsp3) is 0.400. The summed E-state index contributed by atoms with van der Waals surface area (Å²) in [6, 6.07) is 12.9. The van der Waals surface area contributed by atoms with Crippen LogP contribution in [0.2, 0.25) is 0 Å². The molecule has 1 unspecified atom stereocenters. The average Bonchev–Trinajstić information content (AvgIpc) is 3.13. The highest BCUT2D eigenvalue weighted by Crippen LogP contribution is 2.17. The molecular weight excluding hydrogens is 316 g/mol. The van der Waals surface area contributed by atoms with Crippen molar-refractivity contribution in [1.82, 2.24) is 4.57 Å². The zero-order valence-corrected chi connectivity index (χ0v) is 14.7. The molecule has 0 spiro atoms. The van der Waals surface area contributed by atoms with Crippen molar-refractivity contribution in [2.45, 2.75) is 38.8 Å². The van der Waals surface area contributed by atoms with Crippen molar-refractivity contribution in [3.05, 3.63) is 59.7 Å². The molecule has 25 heavy (non-hydrogen) atoms. The Bertz CT molecular complexity index is 772. The Hall–Kier alpha value is -2.40. The monoisotopic (exact) mass is 340 g/mol. The molecule has 132 valence electrons. The first-order chi connectivity index (χ1) is 12.1. The van der Waals surface area contributed by atoms with Crippen LogP contribution in [0.15, 0.2) is 53.7 Å². The first kappa shape index (κ1) is 17.4. The molecule has 1 atom stereocenters. The third kappa shape index (κ3) is 4.57. The lowest BCUT2D eigenvalue weighted by molar-refractivity contribution is 0.0679. The van der Waals surface area contributed by atoms with Gasteiger partial charge in [0, 0.05) is 24.4 Å². The molecule has 1 fully saturated rings. The molecule has 1 aromatic heterocycles. The number of hydrogen-bond acceptors (Lipinski definition) is 4. The zero-order valence-electron chi connectivity index (χ0n) is 14.7. The molecular formula is C20H24N2O3. The predicted molar refractivity (Wildman–Crippen MR) is 95.8 cm³/mol. The van der Waals surface area contributed by atoms with Gasteiger partial charge in [0.25, 0.3) is 5.91 Å². The van der Waals surface area contributed by atoms with Crippen molar-refractivity contribution in [3.8, 4) is 5.75 Å². The van der Waals surface area contributed by atoms with E-state index in [-0.39, 0.29) is 18.1 Å². The summed E-state index contributed by atoms with van der Waals surface area (Å²) in [4.78, 5) is 17.3. The SMILES string of the molecule is CC(C)N=c1ccccn1C(=O)c1ccc(OCC2CCCO2)cc1. The van der Waals surface area contributed by atoms with Gasteiger partial charge in [0.1, 0.15) is 17.8 Å². The molecule has 2 aromatic rings. The van der Waals surface area contributed by atoms with Gasteiger partial charge < -0.3 is 9.47 Å². The van der Waals surface area contributed by atoms with Crippen LogP contribution in [0.3, 0.4) is 0 Å². The van der Waals surface area contributed by atoms with Gasteiger partial charge >= 0.3 is 0 Å². The van der Waals surface area contributed by atoms with Crippen molar-refractivity contribution in [2.24, 2.45) is 4.99 Å². The van der Waals surface area contributed by atoms with Gasteiger partial charge in [-0.1, -0.05) is 6.07 Å². The summed E-state index contributed by atoms with van der Waals surface area (Å²) >= 11 is 0. The first-order valence-electron chi connectivity index (χ1n) is 8.74. The van der Waals surface area contributed by atoms with E-state index in [9.17, 15) is 4.79 Å². The minimum Gasteiger partial charge on any atom is -0.491 e. The third-order valence-electron chi connectivity index (χ3n) is 4.01. The number of carbonyl (C=O) groups excluding carboxylic acids is 1. The van der Waals surface area contributed by atoms with Crippen molar-refractivity contribution >= 4 is 5.91 Å². The molecule has 0 radical (unpaired) electrons. The Morgan fingerprint density at radius 3 is 2.76 bits per heavy atom. The smallest absolute Gasteiger partial charge is 0.263 e. The largest absolute Gasteiger partial charge is 0.491 e. The molecule has 2 heterocycles. The van der Waals surface area contributed by atoms with E-state index in [1.165, 1.54) is 0 Å². The second-order valence-electron chi connectivity index (χ2n) is 6.43. The summed E-state index contributed by atoms with van der Waals surface area (Å²) in [7, 11) is 0. The van der Waals surface area contributed by atoms with E-state index < -0.39 is 0 Å². The number of aromatic nitrogens is 1. The second kappa shape index (κ2) is 8.12. The number of ether oxygens (including phenoxy) is 2. The van der Waals surface area contributed by atoms with Gasteiger partial charge in [-0.15, -0.1) is 0 Å². The Balaban J connectivity index is 1.73. The van der Waals surface area contributed by atoms with Crippen molar-refractivity contribution in [2.75, 3.05) is 13.2 Å². The van der Waals surface area contributed by atoms with Crippen LogP contribution in [0.25, 0.3) is 0 Å². The van der Waals surface area contributed by atoms with E-state index >= 15 is 0 Å². The standard InChI is InChI=1S/C20H24N2O3/c1-15(2)21-19-7-3-4-12-22(19)20(23)16-8-10-17(11-9-16)25-14-18-6-5-13-24-18/h3-4,7-12,15,18H,5-6,13-14H2,1-2H3. The highest BCUT2D eigenvalue weighted by molar-refractivity contribution is 5.95. The Morgan fingerprint density at radius 1 is 1.28 bits per heavy atom. The minimum absolute atomic E-state index is 0.106. The lowest BCUT2D eigenvalue weighted by Gasteiger charge is -2.12. The van der Waals surface area contributed by atoms with Crippen LogP contribution < -0.4 is 10.2 Å². The first-order valence-corrected chi connectivity index (χ1v) is 8.74. The van der Waals surface area contributed by atoms with Gasteiger partial charge in [0.15, 0.2) is 0 Å². The lowest BCUT2D eigenvalue weighted by atomic mass is 10.2. The number of nitrogens with zero attached hydrogens (tertiary/aromatic N) is 2. The molecule has 5 nitrogen and oxygen atoms in total. The molecule has 1 aliphatic heterocycles. The highest BCUT2D eigenvalue weighted by Gasteiger charge is 2.16. The Morgan fingerprint density at radius 2 is 2.08 bits per heavy atom. The third-order valence-corrected chi connectivity index (χ3v) is 4.01. The molecule has 0 saturated carbocycles. The van der Waals surface area contributed by atoms with Gasteiger partial charge in [0.2, 0.25) is 0 Å². The highest BCUT2D eigenvalue weighted by atomic mass is 16.5. The number of carbonyl (C=O) groups is 1. The molecule has 0 amide bonds. The average molecular weight is 340 g/mol.